The number of amides is 4. The summed E-state index contributed by atoms with van der Waals surface area (Å²) in [5.74, 6) is -4.65. The van der Waals surface area contributed by atoms with Crippen LogP contribution >= 0.6 is 0 Å². The second-order valence-electron chi connectivity index (χ2n) is 15.4. The van der Waals surface area contributed by atoms with Gasteiger partial charge in [-0.25, -0.2) is 0 Å². The van der Waals surface area contributed by atoms with Crippen LogP contribution in [0, 0.1) is 5.92 Å². The van der Waals surface area contributed by atoms with Crippen LogP contribution in [0.3, 0.4) is 0 Å². The number of hydrogen-bond donors (Lipinski definition) is 5. The number of nitrogens with one attached hydrogen (secondary N) is 3. The van der Waals surface area contributed by atoms with Gasteiger partial charge in [0.15, 0.2) is 0 Å². The molecule has 4 saturated heterocycles. The van der Waals surface area contributed by atoms with Gasteiger partial charge in [-0.15, -0.1) is 0 Å². The number of hydrogen-bond acceptors (Lipinski definition) is 16. The molecule has 5 atom stereocenters. The summed E-state index contributed by atoms with van der Waals surface area (Å²) in [6, 6.07) is 4.67. The molecule has 4 heterocycles. The van der Waals surface area contributed by atoms with Crippen molar-refractivity contribution in [1.82, 2.24) is 40.4 Å². The van der Waals surface area contributed by atoms with E-state index in [1.165, 1.54) is 11.8 Å². The Hall–Kier alpha value is -4.03. The minimum atomic E-state index is -3.96. The molecular weight excluding hydrogens is 817 g/mol. The zero-order valence-electron chi connectivity index (χ0n) is 33.3. The molecule has 20 nitrogen and oxygen atoms in total. The second-order valence-corrected chi connectivity index (χ2v) is 18.1. The zero-order valence-corrected chi connectivity index (χ0v) is 35.7. The number of nitrogens with zero attached hydrogens (tertiary/aromatic N) is 5. The van der Waals surface area contributed by atoms with E-state index in [0.29, 0.717) is 71.7 Å². The Balaban J connectivity index is 1.14. The van der Waals surface area contributed by atoms with E-state index in [1.54, 1.807) is 38.1 Å². The summed E-state index contributed by atoms with van der Waals surface area (Å²) in [6.07, 6.45) is 1.07. The first kappa shape index (κ1) is 45.1. The van der Waals surface area contributed by atoms with Crippen molar-refractivity contribution in [2.45, 2.75) is 58.2 Å². The molecule has 58 heavy (non-hydrogen) atoms. The molecule has 4 fully saturated rings. The van der Waals surface area contributed by atoms with Crippen LogP contribution in [0.1, 0.15) is 49.5 Å². The van der Waals surface area contributed by atoms with E-state index in [2.05, 4.69) is 16.0 Å². The third-order valence-corrected chi connectivity index (χ3v) is 13.5. The molecule has 4 bridgehead atoms. The molecule has 1 aromatic carbocycles. The number of fused-ring (bicyclic) bond motifs is 7. The Kier molecular flexibility index (Phi) is 16.5. The van der Waals surface area contributed by atoms with Crippen molar-refractivity contribution in [2.24, 2.45) is 5.92 Å². The topological polar surface area (TPSA) is 240 Å². The Morgan fingerprint density at radius 2 is 1.29 bits per heavy atom. The van der Waals surface area contributed by atoms with E-state index in [0.717, 1.165) is 5.56 Å². The van der Waals surface area contributed by atoms with Crippen LogP contribution in [-0.2, 0) is 45.9 Å². The molecule has 22 heteroatoms. The fourth-order valence-electron chi connectivity index (χ4n) is 7.25. The fraction of sp³-hybridized carbons (Fsp3) is 0.639. The molecule has 0 aliphatic carbocycles. The SMILES string of the molecule is CC(C)[C@H](NC(=O)c1ccc(CNC(=O)CN2CCN3CCN4CCN(CC2)CC(=O)[O][Ga]([O]C(=O)C3)[O]C(=O)C4)cc1)C(=O)N[C@H](C)C(=O)N1CCC[C@H]1B(O)O. The summed E-state index contributed by atoms with van der Waals surface area (Å²) >= 11 is -3.96. The van der Waals surface area contributed by atoms with Crippen molar-refractivity contribution < 1.29 is 54.2 Å². The molecule has 0 spiro atoms. The molecule has 316 valence electrons. The molecule has 5 rings (SSSR count). The summed E-state index contributed by atoms with van der Waals surface area (Å²) < 4.78 is 16.1. The monoisotopic (exact) mass is 870 g/mol. The largest absolute Gasteiger partial charge is 0.475 e. The molecule has 2 unspecified atom stereocenters. The summed E-state index contributed by atoms with van der Waals surface area (Å²) in [4.78, 5) is 99.9. The second kappa shape index (κ2) is 21.3. The van der Waals surface area contributed by atoms with Gasteiger partial charge in [0.05, 0.1) is 5.94 Å². The molecule has 0 radical (unpaired) electrons. The maximum atomic E-state index is 13.2. The maximum absolute atomic E-state index is 13.2. The van der Waals surface area contributed by atoms with Gasteiger partial charge in [-0.2, -0.15) is 0 Å². The Morgan fingerprint density at radius 1 is 0.776 bits per heavy atom. The van der Waals surface area contributed by atoms with Crippen LogP contribution in [-0.4, -0.2) is 204 Å². The maximum Gasteiger partial charge on any atom is 0.475 e. The minimum absolute atomic E-state index is 0.0112. The van der Waals surface area contributed by atoms with Gasteiger partial charge < -0.3 is 25.6 Å². The fourth-order valence-corrected chi connectivity index (χ4v) is 9.37. The molecule has 5 N–H and O–H groups in total. The summed E-state index contributed by atoms with van der Waals surface area (Å²) in [6.45, 7) is 9.13. The van der Waals surface area contributed by atoms with E-state index >= 15 is 0 Å². The number of benzene rings is 1. The third-order valence-electron chi connectivity index (χ3n) is 10.6. The van der Waals surface area contributed by atoms with Crippen molar-refractivity contribution in [2.75, 3.05) is 85.1 Å². The van der Waals surface area contributed by atoms with Crippen LogP contribution in [0.5, 0.6) is 0 Å². The number of rotatable bonds is 11. The van der Waals surface area contributed by atoms with Gasteiger partial charge >= 0.3 is 194 Å². The molecular formula is C36H54BGaN8O12. The average molecular weight is 871 g/mol. The predicted molar refractivity (Wildman–Crippen MR) is 207 cm³/mol. The quantitative estimate of drug-likeness (QED) is 0.135. The van der Waals surface area contributed by atoms with Crippen molar-refractivity contribution in [3.8, 4) is 0 Å². The molecule has 0 aromatic heterocycles. The van der Waals surface area contributed by atoms with Gasteiger partial charge in [-0.1, -0.05) is 26.0 Å². The zero-order chi connectivity index (χ0) is 41.9. The van der Waals surface area contributed by atoms with Crippen LogP contribution in [0.2, 0.25) is 0 Å². The first-order valence-corrected chi connectivity index (χ1v) is 22.7. The number of likely N-dealkylation sites (tertiary alicyclic amines) is 1. The van der Waals surface area contributed by atoms with Crippen molar-refractivity contribution in [1.29, 1.82) is 0 Å². The van der Waals surface area contributed by atoms with Gasteiger partial charge in [0.2, 0.25) is 11.8 Å². The predicted octanol–water partition coefficient (Wildman–Crippen LogP) is -3.57. The van der Waals surface area contributed by atoms with Gasteiger partial charge in [0.25, 0.3) is 5.91 Å². The van der Waals surface area contributed by atoms with Crippen LogP contribution in [0.25, 0.3) is 0 Å². The van der Waals surface area contributed by atoms with E-state index in [4.69, 9.17) is 10.6 Å². The normalized spacial score (nSPS) is 24.5. The molecule has 4 amide bonds. The van der Waals surface area contributed by atoms with Gasteiger partial charge in [-0.05, 0) is 37.8 Å². The van der Waals surface area contributed by atoms with Crippen molar-refractivity contribution in [3.05, 3.63) is 35.4 Å². The first-order valence-electron chi connectivity index (χ1n) is 19.8. The smallest absolute Gasteiger partial charge is 0.426 e. The Bertz CT molecular complexity index is 1620. The third kappa shape index (κ3) is 13.2. The number of carbonyl (C=O) groups excluding carboxylic acids is 7. The first-order chi connectivity index (χ1) is 27.6. The van der Waals surface area contributed by atoms with Crippen LogP contribution in [0.15, 0.2) is 24.3 Å². The summed E-state index contributed by atoms with van der Waals surface area (Å²) in [7, 11) is -1.68. The van der Waals surface area contributed by atoms with Gasteiger partial charge in [0, 0.05) is 12.1 Å². The van der Waals surface area contributed by atoms with Crippen molar-refractivity contribution in [3.63, 3.8) is 0 Å². The van der Waals surface area contributed by atoms with Gasteiger partial charge in [-0.3, -0.25) is 14.4 Å². The van der Waals surface area contributed by atoms with E-state index < -0.39 is 78.1 Å². The summed E-state index contributed by atoms with van der Waals surface area (Å²) in [5, 5.41) is 27.6. The van der Waals surface area contributed by atoms with Crippen molar-refractivity contribution >= 4 is 66.0 Å². The summed E-state index contributed by atoms with van der Waals surface area (Å²) in [5.41, 5.74) is 1.02. The molecule has 1 aromatic rings. The molecule has 4 aliphatic rings. The Labute approximate surface area is 344 Å². The standard InChI is InChI=1S/C36H57BN8O12.Ga/c1-24(2)33(35(54)39-25(3)36(55)45-10-4-5-28(45)37(56)57)40-34(53)27-8-6-26(7-9-27)19-38-29(46)20-41-11-13-42(21-30(47)48)15-17-44(23-32(51)52)18-16-43(14-12-41)22-31(49)50;/h6-9,24-25,28,33,56-57H,4-5,10-23H2,1-3H3,(H,38,46)(H,39,54)(H,40,53)(H,47,48)(H,49,50)(H,51,52);/q;+3/p-3/t25-,28+,33+;/m1./s1. The van der Waals surface area contributed by atoms with E-state index in [9.17, 15) is 43.6 Å². The van der Waals surface area contributed by atoms with Crippen LogP contribution < -0.4 is 16.0 Å². The van der Waals surface area contributed by atoms with E-state index in [1.807, 2.05) is 19.6 Å². The minimum Gasteiger partial charge on any atom is -0.426 e. The van der Waals surface area contributed by atoms with Crippen LogP contribution in [0.4, 0.5) is 0 Å². The average Bonchev–Trinajstić information content (AvgIpc) is 3.65. The van der Waals surface area contributed by atoms with E-state index in [-0.39, 0.29) is 50.1 Å². The van der Waals surface area contributed by atoms with Gasteiger partial charge in [0.1, 0.15) is 12.1 Å². The Morgan fingerprint density at radius 3 is 1.79 bits per heavy atom. The molecule has 0 saturated carbocycles. The molecule has 4 aliphatic heterocycles. The number of carbonyl (C=O) groups is 7.